The number of halogens is 2. The molecule has 0 bridgehead atoms. The minimum Gasteiger partial charge on any atom is -0.337 e. The lowest BCUT2D eigenvalue weighted by atomic mass is 10.0. The Labute approximate surface area is 194 Å². The van der Waals surface area contributed by atoms with Crippen molar-refractivity contribution in [3.8, 4) is 0 Å². The minimum absolute atomic E-state index is 0.0147. The molecule has 2 aromatic rings. The normalized spacial score (nSPS) is 16.3. The average Bonchev–Trinajstić information content (AvgIpc) is 2.78. The van der Waals surface area contributed by atoms with Crippen LogP contribution in [-0.4, -0.2) is 35.8 Å². The number of nitrogens with two attached hydrogens (primary N) is 1. The summed E-state index contributed by atoms with van der Waals surface area (Å²) in [7, 11) is 0. The first-order chi connectivity index (χ1) is 14.9. The van der Waals surface area contributed by atoms with E-state index in [1.165, 1.54) is 0 Å². The molecular weight excluding hydrogens is 433 g/mol. The number of hydrogen-bond acceptors (Lipinski definition) is 3. The van der Waals surface area contributed by atoms with Gasteiger partial charge in [0.2, 0.25) is 11.8 Å². The first kappa shape index (κ1) is 23.6. The number of hydrogen-bond donors (Lipinski definition) is 1. The largest absolute Gasteiger partial charge is 0.337 e. The van der Waals surface area contributed by atoms with E-state index in [-0.39, 0.29) is 11.8 Å². The van der Waals surface area contributed by atoms with Gasteiger partial charge in [-0.2, -0.15) is 0 Å². The van der Waals surface area contributed by atoms with Gasteiger partial charge in [-0.05, 0) is 48.6 Å². The molecule has 0 fully saturated rings. The van der Waals surface area contributed by atoms with Crippen LogP contribution in [0.4, 0.5) is 5.69 Å². The molecule has 5 nitrogen and oxygen atoms in total. The molecule has 2 amide bonds. The average molecular weight is 462 g/mol. The highest BCUT2D eigenvalue weighted by Gasteiger charge is 2.24. The molecular formula is C24H29Cl2N3O2. The fraction of sp³-hybridized carbons (Fsp3) is 0.417. The van der Waals surface area contributed by atoms with Crippen molar-refractivity contribution in [1.29, 1.82) is 0 Å². The third-order valence-corrected chi connectivity index (χ3v) is 6.39. The Morgan fingerprint density at radius 1 is 1.00 bits per heavy atom. The minimum atomic E-state index is -0.682. The van der Waals surface area contributed by atoms with Crippen LogP contribution in [0, 0.1) is 0 Å². The van der Waals surface area contributed by atoms with Crippen molar-refractivity contribution < 1.29 is 9.59 Å². The lowest BCUT2D eigenvalue weighted by Crippen LogP contribution is -2.45. The first-order valence-electron chi connectivity index (χ1n) is 10.7. The van der Waals surface area contributed by atoms with Gasteiger partial charge in [0.05, 0.1) is 16.1 Å². The van der Waals surface area contributed by atoms with E-state index in [0.29, 0.717) is 36.1 Å². The van der Waals surface area contributed by atoms with E-state index in [0.717, 1.165) is 42.5 Å². The van der Waals surface area contributed by atoms with Gasteiger partial charge in [0, 0.05) is 32.2 Å². The summed E-state index contributed by atoms with van der Waals surface area (Å²) in [6, 6.07) is 12.4. The Bertz CT molecular complexity index is 935. The number of carbonyl (C=O) groups is 2. The van der Waals surface area contributed by atoms with E-state index in [1.807, 2.05) is 40.1 Å². The van der Waals surface area contributed by atoms with Gasteiger partial charge in [-0.1, -0.05) is 60.3 Å². The number of anilines is 1. The van der Waals surface area contributed by atoms with E-state index in [4.69, 9.17) is 28.9 Å². The molecule has 0 saturated heterocycles. The number of benzene rings is 2. The molecule has 0 radical (unpaired) electrons. The summed E-state index contributed by atoms with van der Waals surface area (Å²) in [6.07, 6.45) is 4.26. The van der Waals surface area contributed by atoms with Crippen molar-refractivity contribution in [2.24, 2.45) is 5.73 Å². The predicted molar refractivity (Wildman–Crippen MR) is 126 cm³/mol. The van der Waals surface area contributed by atoms with Gasteiger partial charge in [0.1, 0.15) is 0 Å². The molecule has 0 spiro atoms. The topological polar surface area (TPSA) is 66.6 Å². The molecule has 31 heavy (non-hydrogen) atoms. The summed E-state index contributed by atoms with van der Waals surface area (Å²) in [4.78, 5) is 29.2. The maximum Gasteiger partial charge on any atom is 0.240 e. The molecule has 7 heteroatoms. The zero-order chi connectivity index (χ0) is 22.4. The second-order valence-corrected chi connectivity index (χ2v) is 8.85. The quantitative estimate of drug-likeness (QED) is 0.712. The Kier molecular flexibility index (Phi) is 8.35. The van der Waals surface area contributed by atoms with Crippen molar-refractivity contribution in [2.45, 2.75) is 51.6 Å². The molecule has 0 unspecified atom stereocenters. The summed E-state index contributed by atoms with van der Waals surface area (Å²) in [5.74, 6) is -0.0876. The molecule has 166 valence electrons. The second-order valence-electron chi connectivity index (χ2n) is 8.03. The van der Waals surface area contributed by atoms with E-state index in [9.17, 15) is 9.59 Å². The maximum absolute atomic E-state index is 13.3. The number of rotatable bonds is 3. The monoisotopic (exact) mass is 461 g/mol. The van der Waals surface area contributed by atoms with Crippen LogP contribution in [0.1, 0.15) is 43.7 Å². The van der Waals surface area contributed by atoms with Crippen LogP contribution < -0.4 is 10.6 Å². The molecule has 2 aromatic carbocycles. The van der Waals surface area contributed by atoms with E-state index < -0.39 is 6.04 Å². The number of para-hydroxylation sites is 1. The van der Waals surface area contributed by atoms with Crippen molar-refractivity contribution in [1.82, 2.24) is 4.90 Å². The summed E-state index contributed by atoms with van der Waals surface area (Å²) in [6.45, 7) is 3.35. The lowest BCUT2D eigenvalue weighted by molar-refractivity contribution is -0.133. The Hall–Kier alpha value is -2.08. The lowest BCUT2D eigenvalue weighted by Gasteiger charge is -2.28. The number of fused-ring (bicyclic) bond motifs is 1. The van der Waals surface area contributed by atoms with Crippen LogP contribution in [0.15, 0.2) is 42.5 Å². The fourth-order valence-corrected chi connectivity index (χ4v) is 4.32. The van der Waals surface area contributed by atoms with Crippen molar-refractivity contribution >= 4 is 40.7 Å². The summed E-state index contributed by atoms with van der Waals surface area (Å²) >= 11 is 12.1. The van der Waals surface area contributed by atoms with Crippen LogP contribution in [-0.2, 0) is 22.6 Å². The number of amides is 2. The molecule has 1 heterocycles. The fourth-order valence-electron chi connectivity index (χ4n) is 4.00. The zero-order valence-corrected chi connectivity index (χ0v) is 19.3. The predicted octanol–water partition coefficient (Wildman–Crippen LogP) is 4.82. The third-order valence-electron chi connectivity index (χ3n) is 5.65. The summed E-state index contributed by atoms with van der Waals surface area (Å²) in [5, 5.41) is 0.927. The van der Waals surface area contributed by atoms with Crippen LogP contribution in [0.25, 0.3) is 0 Å². The van der Waals surface area contributed by atoms with Gasteiger partial charge in [0.15, 0.2) is 0 Å². The second kappa shape index (κ2) is 11.0. The molecule has 1 aliphatic rings. The van der Waals surface area contributed by atoms with Crippen LogP contribution in [0.5, 0.6) is 0 Å². The molecule has 0 saturated carbocycles. The van der Waals surface area contributed by atoms with E-state index in [1.54, 1.807) is 19.1 Å². The zero-order valence-electron chi connectivity index (χ0n) is 17.8. The standard InChI is InChI=1S/C24H29Cl2N3O2/c1-17(30)29-13-7-3-2-6-12-28(16-19-8-4-5-9-23(19)29)24(31)22(27)15-18-10-11-20(25)21(26)14-18/h4-5,8-11,14,22H,2-3,6-7,12-13,15-16,27H2,1H3/t22-/m0/s1. The van der Waals surface area contributed by atoms with Gasteiger partial charge >= 0.3 is 0 Å². The Morgan fingerprint density at radius 3 is 2.42 bits per heavy atom. The maximum atomic E-state index is 13.3. The Morgan fingerprint density at radius 2 is 1.71 bits per heavy atom. The van der Waals surface area contributed by atoms with Gasteiger partial charge in [-0.3, -0.25) is 9.59 Å². The number of carbonyl (C=O) groups excluding carboxylic acids is 2. The summed E-state index contributed by atoms with van der Waals surface area (Å²) < 4.78 is 0. The highest BCUT2D eigenvalue weighted by molar-refractivity contribution is 6.42. The highest BCUT2D eigenvalue weighted by Crippen LogP contribution is 2.26. The molecule has 3 rings (SSSR count). The van der Waals surface area contributed by atoms with Gasteiger partial charge in [-0.15, -0.1) is 0 Å². The third kappa shape index (κ3) is 6.22. The molecule has 2 N–H and O–H groups in total. The van der Waals surface area contributed by atoms with Crippen molar-refractivity contribution in [2.75, 3.05) is 18.0 Å². The van der Waals surface area contributed by atoms with Crippen molar-refractivity contribution in [3.05, 3.63) is 63.6 Å². The molecule has 1 atom stereocenters. The van der Waals surface area contributed by atoms with Gasteiger partial charge in [-0.25, -0.2) is 0 Å². The van der Waals surface area contributed by atoms with E-state index >= 15 is 0 Å². The Balaban J connectivity index is 1.82. The highest BCUT2D eigenvalue weighted by atomic mass is 35.5. The number of nitrogens with zero attached hydrogens (tertiary/aromatic N) is 2. The van der Waals surface area contributed by atoms with Crippen LogP contribution in [0.3, 0.4) is 0 Å². The molecule has 1 aliphatic heterocycles. The van der Waals surface area contributed by atoms with Gasteiger partial charge in [0.25, 0.3) is 0 Å². The van der Waals surface area contributed by atoms with Crippen molar-refractivity contribution in [3.63, 3.8) is 0 Å². The first-order valence-corrected chi connectivity index (χ1v) is 11.5. The molecule has 0 aromatic heterocycles. The van der Waals surface area contributed by atoms with Crippen LogP contribution in [0.2, 0.25) is 10.0 Å². The summed E-state index contributed by atoms with van der Waals surface area (Å²) in [5.41, 5.74) is 9.02. The molecule has 0 aliphatic carbocycles. The van der Waals surface area contributed by atoms with E-state index in [2.05, 4.69) is 0 Å². The van der Waals surface area contributed by atoms with Gasteiger partial charge < -0.3 is 15.5 Å². The van der Waals surface area contributed by atoms with Crippen LogP contribution >= 0.6 is 23.2 Å². The SMILES string of the molecule is CC(=O)N1CCCCCCN(C(=O)[C@@H](N)Cc2ccc(Cl)c(Cl)c2)Cc2ccccc21. The smallest absolute Gasteiger partial charge is 0.240 e.